The van der Waals surface area contributed by atoms with Crippen molar-refractivity contribution in [3.05, 3.63) is 53.9 Å². The van der Waals surface area contributed by atoms with E-state index in [1.807, 2.05) is 58.0 Å². The van der Waals surface area contributed by atoms with Crippen LogP contribution in [0.1, 0.15) is 60.7 Å². The Hall–Kier alpha value is -3.17. The van der Waals surface area contributed by atoms with E-state index in [0.29, 0.717) is 36.6 Å². The molecule has 0 fully saturated rings. The van der Waals surface area contributed by atoms with Crippen LogP contribution >= 0.6 is 0 Å². The van der Waals surface area contributed by atoms with E-state index in [4.69, 9.17) is 9.47 Å². The van der Waals surface area contributed by atoms with Crippen molar-refractivity contribution in [2.24, 2.45) is 5.92 Å². The van der Waals surface area contributed by atoms with Crippen LogP contribution in [-0.2, 0) is 4.74 Å². The summed E-state index contributed by atoms with van der Waals surface area (Å²) in [7, 11) is 5.63. The monoisotopic (exact) mass is 540 g/mol. The number of pyridine rings is 1. The lowest BCUT2D eigenvalue weighted by molar-refractivity contribution is -0.0149. The van der Waals surface area contributed by atoms with Crippen molar-refractivity contribution in [3.8, 4) is 5.75 Å². The minimum Gasteiger partial charge on any atom is -0.490 e. The Morgan fingerprint density at radius 2 is 1.87 bits per heavy atom. The first-order valence-electron chi connectivity index (χ1n) is 13.8. The molecule has 0 bridgehead atoms. The van der Waals surface area contributed by atoms with Gasteiger partial charge in [-0.05, 0) is 63.4 Å². The zero-order valence-electron chi connectivity index (χ0n) is 24.2. The molecule has 1 aliphatic rings. The number of aliphatic hydroxyl groups excluding tert-OH is 1. The molecule has 1 N–H and O–H groups in total. The summed E-state index contributed by atoms with van der Waals surface area (Å²) < 4.78 is 12.6. The highest BCUT2D eigenvalue weighted by molar-refractivity contribution is 5.98. The van der Waals surface area contributed by atoms with Crippen LogP contribution in [0.15, 0.2) is 42.7 Å². The molecule has 2 aromatic rings. The Morgan fingerprint density at radius 1 is 1.15 bits per heavy atom. The van der Waals surface area contributed by atoms with Gasteiger partial charge in [0.05, 0.1) is 30.4 Å². The van der Waals surface area contributed by atoms with Crippen LogP contribution in [0.2, 0.25) is 0 Å². The summed E-state index contributed by atoms with van der Waals surface area (Å²) in [4.78, 5) is 36.4. The summed E-state index contributed by atoms with van der Waals surface area (Å²) >= 11 is 0. The minimum absolute atomic E-state index is 0.0766. The third-order valence-corrected chi connectivity index (χ3v) is 7.28. The molecule has 9 heteroatoms. The van der Waals surface area contributed by atoms with Gasteiger partial charge in [-0.3, -0.25) is 14.6 Å². The second-order valence-corrected chi connectivity index (χ2v) is 10.8. The number of likely N-dealkylation sites (N-methyl/N-ethyl adjacent to an activating group) is 1. The van der Waals surface area contributed by atoms with Crippen molar-refractivity contribution < 1.29 is 24.2 Å². The van der Waals surface area contributed by atoms with Crippen molar-refractivity contribution in [1.82, 2.24) is 14.8 Å². The number of rotatable bonds is 6. The molecule has 1 aromatic carbocycles. The lowest BCUT2D eigenvalue weighted by Gasteiger charge is -2.36. The number of carbonyl (C=O) groups is 2. The first-order chi connectivity index (χ1) is 18.6. The molecule has 214 valence electrons. The summed E-state index contributed by atoms with van der Waals surface area (Å²) in [5.74, 6) is 0.124. The highest BCUT2D eigenvalue weighted by Gasteiger charge is 2.31. The van der Waals surface area contributed by atoms with Crippen LogP contribution < -0.4 is 9.64 Å². The van der Waals surface area contributed by atoms with Gasteiger partial charge in [0.2, 0.25) is 0 Å². The number of aliphatic hydroxyl groups is 1. The van der Waals surface area contributed by atoms with E-state index < -0.39 is 6.04 Å². The fourth-order valence-electron chi connectivity index (χ4n) is 4.72. The van der Waals surface area contributed by atoms with Crippen molar-refractivity contribution in [2.45, 2.75) is 58.3 Å². The van der Waals surface area contributed by atoms with E-state index in [2.05, 4.69) is 4.98 Å². The fraction of sp³-hybridized carbons (Fsp3) is 0.567. The molecule has 3 rings (SSSR count). The van der Waals surface area contributed by atoms with E-state index in [1.54, 1.807) is 41.4 Å². The number of hydrogen-bond donors (Lipinski definition) is 1. The van der Waals surface area contributed by atoms with E-state index >= 15 is 0 Å². The van der Waals surface area contributed by atoms with Crippen molar-refractivity contribution >= 4 is 17.5 Å². The number of hydrogen-bond acceptors (Lipinski definition) is 7. The maximum Gasteiger partial charge on any atom is 0.258 e. The highest BCUT2D eigenvalue weighted by atomic mass is 16.5. The first kappa shape index (κ1) is 30.4. The van der Waals surface area contributed by atoms with E-state index in [-0.39, 0.29) is 36.5 Å². The summed E-state index contributed by atoms with van der Waals surface area (Å²) in [5.41, 5.74) is 1.93. The summed E-state index contributed by atoms with van der Waals surface area (Å²) in [6.45, 7) is 6.97. The van der Waals surface area contributed by atoms with Gasteiger partial charge in [0.1, 0.15) is 5.75 Å². The molecular weight excluding hydrogens is 496 g/mol. The van der Waals surface area contributed by atoms with Gasteiger partial charge in [0.25, 0.3) is 11.8 Å². The normalized spacial score (nSPS) is 21.8. The summed E-state index contributed by atoms with van der Waals surface area (Å²) in [6.07, 6.45) is 5.43. The van der Waals surface area contributed by atoms with E-state index in [0.717, 1.165) is 24.9 Å². The van der Waals surface area contributed by atoms with Crippen LogP contribution in [0.25, 0.3) is 0 Å². The minimum atomic E-state index is -0.419. The van der Waals surface area contributed by atoms with E-state index in [9.17, 15) is 14.7 Å². The molecular formula is C30H44N4O5. The summed E-state index contributed by atoms with van der Waals surface area (Å²) in [5, 5.41) is 10.1. The third-order valence-electron chi connectivity index (χ3n) is 7.28. The number of ether oxygens (including phenoxy) is 2. The van der Waals surface area contributed by atoms with Crippen molar-refractivity contribution in [2.75, 3.05) is 52.3 Å². The number of amides is 2. The number of aromatic nitrogens is 1. The molecule has 2 heterocycles. The number of carbonyl (C=O) groups excluding carboxylic acids is 2. The Bertz CT molecular complexity index is 1080. The van der Waals surface area contributed by atoms with Crippen molar-refractivity contribution in [1.29, 1.82) is 0 Å². The Labute approximate surface area is 232 Å². The Kier molecular flexibility index (Phi) is 11.1. The molecule has 0 spiro atoms. The molecule has 2 amide bonds. The fourth-order valence-corrected chi connectivity index (χ4v) is 4.72. The lowest BCUT2D eigenvalue weighted by atomic mass is 10.0. The standard InChI is InChI=1S/C30H44N4O5/c1-21-18-34(22(2)20-35)30(37)26-17-25(32(4)5)10-11-27(26)39-23(3)9-7-8-16-38-28(21)19-33(6)29(36)24-12-14-31-15-13-24/h10-15,17,21-23,28,35H,7-9,16,18-20H2,1-6H3/t21-,22+,23+,28+/m0/s1. The van der Waals surface area contributed by atoms with Gasteiger partial charge in [-0.25, -0.2) is 0 Å². The number of fused-ring (bicyclic) bond motifs is 1. The number of nitrogens with zero attached hydrogens (tertiary/aromatic N) is 4. The predicted molar refractivity (Wildman–Crippen MR) is 152 cm³/mol. The SMILES string of the molecule is C[C@@H]1CCCCO[C@H](CN(C)C(=O)c2ccncc2)[C@@H](C)CN([C@H](C)CO)C(=O)c2cc(N(C)C)ccc2O1. The molecule has 0 unspecified atom stereocenters. The number of benzene rings is 1. The second kappa shape index (κ2) is 14.3. The number of anilines is 1. The van der Waals surface area contributed by atoms with Gasteiger partial charge in [-0.15, -0.1) is 0 Å². The van der Waals surface area contributed by atoms with Crippen molar-refractivity contribution in [3.63, 3.8) is 0 Å². The third kappa shape index (κ3) is 8.16. The maximum absolute atomic E-state index is 14.1. The quantitative estimate of drug-likeness (QED) is 0.597. The van der Waals surface area contributed by atoms with Gasteiger partial charge in [0.15, 0.2) is 0 Å². The van der Waals surface area contributed by atoms with Gasteiger partial charge >= 0.3 is 0 Å². The lowest BCUT2D eigenvalue weighted by Crippen LogP contribution is -2.48. The van der Waals surface area contributed by atoms with Gasteiger partial charge in [-0.2, -0.15) is 0 Å². The molecule has 1 aliphatic heterocycles. The maximum atomic E-state index is 14.1. The highest BCUT2D eigenvalue weighted by Crippen LogP contribution is 2.29. The molecule has 0 saturated carbocycles. The average molecular weight is 541 g/mol. The molecule has 4 atom stereocenters. The smallest absolute Gasteiger partial charge is 0.258 e. The average Bonchev–Trinajstić information content (AvgIpc) is 2.93. The Balaban J connectivity index is 1.93. The van der Waals surface area contributed by atoms with Crippen LogP contribution in [-0.4, -0.2) is 97.4 Å². The molecule has 0 saturated heterocycles. The summed E-state index contributed by atoms with van der Waals surface area (Å²) in [6, 6.07) is 8.64. The zero-order chi connectivity index (χ0) is 28.5. The molecule has 9 nitrogen and oxygen atoms in total. The first-order valence-corrected chi connectivity index (χ1v) is 13.8. The predicted octanol–water partition coefficient (Wildman–Crippen LogP) is 3.72. The van der Waals surface area contributed by atoms with Crippen LogP contribution in [0.5, 0.6) is 5.75 Å². The van der Waals surface area contributed by atoms with E-state index in [1.165, 1.54) is 0 Å². The largest absolute Gasteiger partial charge is 0.490 e. The zero-order valence-corrected chi connectivity index (χ0v) is 24.2. The molecule has 0 aliphatic carbocycles. The van der Waals surface area contributed by atoms with Crippen LogP contribution in [0, 0.1) is 5.92 Å². The molecule has 1 aromatic heterocycles. The van der Waals surface area contributed by atoms with Gasteiger partial charge < -0.3 is 29.3 Å². The van der Waals surface area contributed by atoms with Gasteiger partial charge in [0, 0.05) is 70.4 Å². The molecule has 39 heavy (non-hydrogen) atoms. The van der Waals surface area contributed by atoms with Crippen LogP contribution in [0.3, 0.4) is 0 Å². The second-order valence-electron chi connectivity index (χ2n) is 10.8. The Morgan fingerprint density at radius 3 is 2.54 bits per heavy atom. The topological polar surface area (TPSA) is 95.4 Å². The van der Waals surface area contributed by atoms with Crippen LogP contribution in [0.4, 0.5) is 5.69 Å². The van der Waals surface area contributed by atoms with Gasteiger partial charge in [-0.1, -0.05) is 6.92 Å². The molecule has 0 radical (unpaired) electrons.